The van der Waals surface area contributed by atoms with Crippen molar-refractivity contribution >= 4 is 23.4 Å². The Kier molecular flexibility index (Phi) is 7.58. The lowest BCUT2D eigenvalue weighted by Gasteiger charge is -2.46. The number of benzene rings is 1. The van der Waals surface area contributed by atoms with Gasteiger partial charge in [0, 0.05) is 43.5 Å². The number of alkyl halides is 3. The molecular weight excluding hydrogens is 499 g/mol. The number of pyridine rings is 1. The second kappa shape index (κ2) is 10.9. The first kappa shape index (κ1) is 26.4. The monoisotopic (exact) mass is 531 g/mol. The lowest BCUT2D eigenvalue weighted by molar-refractivity contribution is -0.137. The Bertz CT molecular complexity index is 1130. The molecule has 38 heavy (non-hydrogen) atoms. The number of nitrogens with one attached hydrogen (secondary N) is 2. The highest BCUT2D eigenvalue weighted by Gasteiger charge is 2.40. The number of urea groups is 1. The van der Waals surface area contributed by atoms with Crippen molar-refractivity contribution in [2.24, 2.45) is 0 Å². The summed E-state index contributed by atoms with van der Waals surface area (Å²) in [5.74, 6) is -0.251. The van der Waals surface area contributed by atoms with Gasteiger partial charge in [-0.15, -0.1) is 0 Å². The number of carbonyl (C=O) groups excluding carboxylic acids is 2. The van der Waals surface area contributed by atoms with E-state index in [-0.39, 0.29) is 17.1 Å². The van der Waals surface area contributed by atoms with Crippen molar-refractivity contribution in [2.45, 2.75) is 49.7 Å². The number of carbonyl (C=O) groups is 2. The largest absolute Gasteiger partial charge is 0.417 e. The molecular formula is C27H32F3N5O3. The van der Waals surface area contributed by atoms with Crippen molar-refractivity contribution in [2.75, 3.05) is 49.6 Å². The average Bonchev–Trinajstić information content (AvgIpc) is 2.88. The maximum absolute atomic E-state index is 13.2. The van der Waals surface area contributed by atoms with Gasteiger partial charge in [0.2, 0.25) is 5.91 Å². The van der Waals surface area contributed by atoms with Gasteiger partial charge in [0.1, 0.15) is 11.9 Å². The molecule has 3 heterocycles. The van der Waals surface area contributed by atoms with Crippen LogP contribution in [0, 0.1) is 0 Å². The highest BCUT2D eigenvalue weighted by Crippen LogP contribution is 2.45. The molecule has 204 valence electrons. The topological polar surface area (TPSA) is 86.8 Å². The van der Waals surface area contributed by atoms with Gasteiger partial charge in [-0.3, -0.25) is 15.0 Å². The normalized spacial score (nSPS) is 22.0. The van der Waals surface area contributed by atoms with Crippen LogP contribution < -0.4 is 15.5 Å². The fourth-order valence-electron chi connectivity index (χ4n) is 5.54. The third kappa shape index (κ3) is 5.78. The van der Waals surface area contributed by atoms with Crippen LogP contribution in [-0.4, -0.2) is 67.3 Å². The van der Waals surface area contributed by atoms with E-state index < -0.39 is 23.8 Å². The summed E-state index contributed by atoms with van der Waals surface area (Å²) in [5, 5.41) is 5.04. The summed E-state index contributed by atoms with van der Waals surface area (Å²) < 4.78 is 43.7. The van der Waals surface area contributed by atoms with Gasteiger partial charge in [-0.25, -0.2) is 9.78 Å². The molecule has 2 aliphatic heterocycles. The molecule has 2 N–H and O–H groups in total. The number of ether oxygens (including phenoxy) is 1. The van der Waals surface area contributed by atoms with Crippen LogP contribution in [0.1, 0.15) is 43.2 Å². The highest BCUT2D eigenvalue weighted by atomic mass is 19.4. The van der Waals surface area contributed by atoms with E-state index in [1.54, 1.807) is 4.90 Å². The minimum absolute atomic E-state index is 0.0341. The highest BCUT2D eigenvalue weighted by molar-refractivity contribution is 6.01. The fourth-order valence-corrected chi connectivity index (χ4v) is 5.54. The van der Waals surface area contributed by atoms with E-state index in [1.807, 2.05) is 12.1 Å². The van der Waals surface area contributed by atoms with Crippen molar-refractivity contribution < 1.29 is 27.5 Å². The van der Waals surface area contributed by atoms with Crippen LogP contribution in [0.4, 0.5) is 29.5 Å². The smallest absolute Gasteiger partial charge is 0.379 e. The Morgan fingerprint density at radius 2 is 1.79 bits per heavy atom. The van der Waals surface area contributed by atoms with Gasteiger partial charge in [-0.05, 0) is 55.5 Å². The molecule has 1 aliphatic carbocycles. The average molecular weight is 532 g/mol. The minimum Gasteiger partial charge on any atom is -0.379 e. The van der Waals surface area contributed by atoms with Crippen LogP contribution in [-0.2, 0) is 21.1 Å². The third-order valence-electron chi connectivity index (χ3n) is 7.81. The molecule has 2 aromatic rings. The number of morpholine rings is 1. The van der Waals surface area contributed by atoms with E-state index in [1.165, 1.54) is 12.0 Å². The molecule has 0 spiro atoms. The molecule has 8 nitrogen and oxygen atoms in total. The molecule has 1 aromatic carbocycles. The van der Waals surface area contributed by atoms with E-state index >= 15 is 0 Å². The molecule has 3 aliphatic rings. The molecule has 1 saturated carbocycles. The summed E-state index contributed by atoms with van der Waals surface area (Å²) in [4.78, 5) is 33.5. The first-order valence-corrected chi connectivity index (χ1v) is 13.1. The Balaban J connectivity index is 1.20. The number of hydrogen-bond acceptors (Lipinski definition) is 5. The quantitative estimate of drug-likeness (QED) is 0.585. The Labute approximate surface area is 219 Å². The Hall–Kier alpha value is -3.18. The molecule has 0 bridgehead atoms. The molecule has 3 fully saturated rings. The van der Waals surface area contributed by atoms with E-state index in [2.05, 4.69) is 32.7 Å². The molecule has 1 unspecified atom stereocenters. The van der Waals surface area contributed by atoms with Crippen molar-refractivity contribution in [3.05, 3.63) is 53.7 Å². The van der Waals surface area contributed by atoms with Gasteiger partial charge < -0.3 is 15.0 Å². The van der Waals surface area contributed by atoms with Crippen LogP contribution in [0.5, 0.6) is 0 Å². The van der Waals surface area contributed by atoms with Gasteiger partial charge in [-0.2, -0.15) is 13.2 Å². The van der Waals surface area contributed by atoms with Crippen molar-refractivity contribution in [3.8, 4) is 0 Å². The zero-order chi connectivity index (χ0) is 26.8. The standard InChI is InChI=1S/C27H32F3N5O3/c28-27(29,30)20-6-9-23(31-17-20)33-25(37)32-22-3-1-12-35(24(22)36)21-7-4-19(5-8-21)26(10-2-11-26)18-34-13-15-38-16-14-34/h4-9,17,22H,1-3,10-16,18H2,(H2,31,32,33,37). The molecule has 3 amide bonds. The van der Waals surface area contributed by atoms with Crippen molar-refractivity contribution in [1.29, 1.82) is 0 Å². The number of nitrogens with zero attached hydrogens (tertiary/aromatic N) is 3. The maximum atomic E-state index is 13.2. The van der Waals surface area contributed by atoms with E-state index in [0.717, 1.165) is 63.5 Å². The van der Waals surface area contributed by atoms with Crippen molar-refractivity contribution in [1.82, 2.24) is 15.2 Å². The number of halogens is 3. The van der Waals surface area contributed by atoms with Gasteiger partial charge in [0.25, 0.3) is 0 Å². The van der Waals surface area contributed by atoms with Crippen LogP contribution in [0.3, 0.4) is 0 Å². The second-order valence-electron chi connectivity index (χ2n) is 10.3. The number of hydrogen-bond donors (Lipinski definition) is 2. The van der Waals surface area contributed by atoms with Gasteiger partial charge in [0.05, 0.1) is 18.8 Å². The minimum atomic E-state index is -4.51. The number of rotatable bonds is 6. The van der Waals surface area contributed by atoms with E-state index in [4.69, 9.17) is 4.74 Å². The molecule has 0 radical (unpaired) electrons. The summed E-state index contributed by atoms with van der Waals surface area (Å²) in [6.45, 7) is 5.04. The molecule has 1 aromatic heterocycles. The maximum Gasteiger partial charge on any atom is 0.417 e. The summed E-state index contributed by atoms with van der Waals surface area (Å²) in [6.07, 6.45) is 0.852. The Morgan fingerprint density at radius 3 is 2.39 bits per heavy atom. The summed E-state index contributed by atoms with van der Waals surface area (Å²) >= 11 is 0. The van der Waals surface area contributed by atoms with Crippen LogP contribution in [0.25, 0.3) is 0 Å². The first-order chi connectivity index (χ1) is 18.2. The molecule has 11 heteroatoms. The predicted molar refractivity (Wildman–Crippen MR) is 136 cm³/mol. The lowest BCUT2D eigenvalue weighted by Crippen LogP contribution is -2.53. The lowest BCUT2D eigenvalue weighted by atomic mass is 9.64. The van der Waals surface area contributed by atoms with Crippen molar-refractivity contribution in [3.63, 3.8) is 0 Å². The van der Waals surface area contributed by atoms with Crippen LogP contribution >= 0.6 is 0 Å². The summed E-state index contributed by atoms with van der Waals surface area (Å²) in [6, 6.07) is 8.72. The molecule has 1 atom stereocenters. The number of amides is 3. The fraction of sp³-hybridized carbons (Fsp3) is 0.519. The SMILES string of the molecule is O=C(Nc1ccc(C(F)(F)F)cn1)NC1CCCN(c2ccc(C3(CN4CCOCC4)CCC3)cc2)C1=O. The van der Waals surface area contributed by atoms with Crippen LogP contribution in [0.15, 0.2) is 42.6 Å². The zero-order valence-electron chi connectivity index (χ0n) is 21.1. The first-order valence-electron chi connectivity index (χ1n) is 13.1. The van der Waals surface area contributed by atoms with E-state index in [9.17, 15) is 22.8 Å². The van der Waals surface area contributed by atoms with Gasteiger partial charge in [-0.1, -0.05) is 18.6 Å². The van der Waals surface area contributed by atoms with E-state index in [0.29, 0.717) is 25.6 Å². The van der Waals surface area contributed by atoms with Gasteiger partial charge in [0.15, 0.2) is 0 Å². The second-order valence-corrected chi connectivity index (χ2v) is 10.3. The third-order valence-corrected chi connectivity index (χ3v) is 7.81. The zero-order valence-corrected chi connectivity index (χ0v) is 21.1. The predicted octanol–water partition coefficient (Wildman–Crippen LogP) is 4.17. The van der Waals surface area contributed by atoms with Crippen LogP contribution in [0.2, 0.25) is 0 Å². The number of piperidine rings is 1. The number of anilines is 2. The molecule has 2 saturated heterocycles. The Morgan fingerprint density at radius 1 is 1.05 bits per heavy atom. The van der Waals surface area contributed by atoms with Gasteiger partial charge >= 0.3 is 12.2 Å². The number of aromatic nitrogens is 1. The summed E-state index contributed by atoms with van der Waals surface area (Å²) in [7, 11) is 0. The summed E-state index contributed by atoms with van der Waals surface area (Å²) in [5.41, 5.74) is 1.32. The molecule has 5 rings (SSSR count).